The first kappa shape index (κ1) is 15.7. The van der Waals surface area contributed by atoms with Crippen molar-refractivity contribution in [3.05, 3.63) is 22.4 Å². The molecule has 0 aliphatic carbocycles. The topological polar surface area (TPSA) is 62.6 Å². The minimum Gasteiger partial charge on any atom is -0.355 e. The van der Waals surface area contributed by atoms with Crippen LogP contribution in [0.25, 0.3) is 0 Å². The number of hydrogen-bond donors (Lipinski definition) is 3. The molecule has 1 unspecified atom stereocenters. The van der Waals surface area contributed by atoms with E-state index in [0.717, 1.165) is 17.9 Å². The fourth-order valence-corrected chi connectivity index (χ4v) is 2.43. The highest BCUT2D eigenvalue weighted by molar-refractivity contribution is 7.09. The molecule has 0 aliphatic rings. The third kappa shape index (κ3) is 6.93. The van der Waals surface area contributed by atoms with Crippen LogP contribution in [0.1, 0.15) is 18.2 Å². The molecule has 0 saturated carbocycles. The van der Waals surface area contributed by atoms with Crippen LogP contribution < -0.4 is 15.5 Å². The molecule has 3 N–H and O–H groups in total. The van der Waals surface area contributed by atoms with Crippen molar-refractivity contribution in [3.8, 4) is 0 Å². The van der Waals surface area contributed by atoms with Crippen LogP contribution in [0, 0.1) is 0 Å². The minimum atomic E-state index is -0.133. The maximum Gasteiger partial charge on any atom is 0.275 e. The summed E-state index contributed by atoms with van der Waals surface area (Å²) in [6.07, 6.45) is 0.896. The summed E-state index contributed by atoms with van der Waals surface area (Å²) in [5.74, 6) is -0.230. The quantitative estimate of drug-likeness (QED) is 0.597. The Hall–Kier alpha value is -1.40. The van der Waals surface area contributed by atoms with Crippen molar-refractivity contribution in [2.75, 3.05) is 26.7 Å². The molecule has 0 aromatic carbocycles. The zero-order chi connectivity index (χ0) is 14.1. The van der Waals surface area contributed by atoms with Crippen molar-refractivity contribution in [1.29, 1.82) is 0 Å². The van der Waals surface area contributed by atoms with Crippen molar-refractivity contribution in [3.63, 3.8) is 0 Å². The van der Waals surface area contributed by atoms with E-state index in [4.69, 9.17) is 0 Å². The smallest absolute Gasteiger partial charge is 0.275 e. The van der Waals surface area contributed by atoms with Gasteiger partial charge in [0.05, 0.1) is 18.5 Å². The Labute approximate surface area is 118 Å². The Morgan fingerprint density at radius 2 is 2.11 bits per heavy atom. The first-order valence-electron chi connectivity index (χ1n) is 6.49. The molecule has 5 nitrogen and oxygen atoms in total. The molecule has 1 heterocycles. The summed E-state index contributed by atoms with van der Waals surface area (Å²) in [6, 6.07) is 4.07. The van der Waals surface area contributed by atoms with Gasteiger partial charge in [0.1, 0.15) is 6.54 Å². The zero-order valence-electron chi connectivity index (χ0n) is 11.5. The van der Waals surface area contributed by atoms with E-state index in [1.165, 1.54) is 4.88 Å². The number of hydrogen-bond acceptors (Lipinski definition) is 3. The zero-order valence-corrected chi connectivity index (χ0v) is 12.3. The number of thiophene rings is 1. The lowest BCUT2D eigenvalue weighted by Gasteiger charge is -2.12. The largest absolute Gasteiger partial charge is 0.355 e. The SMILES string of the molecule is CCCNC(=O)CNC(=O)C[NH+](C)Cc1cccs1. The number of carbonyl (C=O) groups is 2. The third-order valence-electron chi connectivity index (χ3n) is 2.54. The van der Waals surface area contributed by atoms with Crippen molar-refractivity contribution >= 4 is 23.2 Å². The van der Waals surface area contributed by atoms with E-state index in [0.29, 0.717) is 13.1 Å². The van der Waals surface area contributed by atoms with Gasteiger partial charge in [-0.2, -0.15) is 0 Å². The molecule has 0 bridgehead atoms. The van der Waals surface area contributed by atoms with Gasteiger partial charge in [-0.3, -0.25) is 9.59 Å². The predicted molar refractivity (Wildman–Crippen MR) is 76.1 cm³/mol. The standard InChI is InChI=1S/C13H21N3O2S/c1-3-6-14-12(17)8-15-13(18)10-16(2)9-11-5-4-7-19-11/h4-5,7H,3,6,8-10H2,1-2H3,(H,14,17)(H,15,18)/p+1. The van der Waals surface area contributed by atoms with Crippen molar-refractivity contribution in [1.82, 2.24) is 10.6 Å². The van der Waals surface area contributed by atoms with Gasteiger partial charge < -0.3 is 15.5 Å². The highest BCUT2D eigenvalue weighted by Gasteiger charge is 2.11. The van der Waals surface area contributed by atoms with Crippen LogP contribution in [0.2, 0.25) is 0 Å². The number of amides is 2. The average Bonchev–Trinajstić information content (AvgIpc) is 2.86. The number of carbonyl (C=O) groups excluding carboxylic acids is 2. The molecule has 1 rings (SSSR count). The molecule has 19 heavy (non-hydrogen) atoms. The lowest BCUT2D eigenvalue weighted by Crippen LogP contribution is -3.08. The molecule has 0 saturated heterocycles. The van der Waals surface area contributed by atoms with Crippen molar-refractivity contribution in [2.45, 2.75) is 19.9 Å². The van der Waals surface area contributed by atoms with Gasteiger partial charge >= 0.3 is 0 Å². The maximum absolute atomic E-state index is 11.7. The lowest BCUT2D eigenvalue weighted by atomic mass is 10.4. The van der Waals surface area contributed by atoms with Crippen LogP contribution in [0.3, 0.4) is 0 Å². The van der Waals surface area contributed by atoms with E-state index < -0.39 is 0 Å². The Balaban J connectivity index is 2.18. The molecule has 0 spiro atoms. The van der Waals surface area contributed by atoms with Gasteiger partial charge in [0, 0.05) is 6.54 Å². The highest BCUT2D eigenvalue weighted by atomic mass is 32.1. The Bertz CT molecular complexity index is 393. The van der Waals surface area contributed by atoms with Crippen LogP contribution >= 0.6 is 11.3 Å². The van der Waals surface area contributed by atoms with Gasteiger partial charge in [-0.15, -0.1) is 11.3 Å². The molecule has 1 atom stereocenters. The summed E-state index contributed by atoms with van der Waals surface area (Å²) >= 11 is 1.69. The summed E-state index contributed by atoms with van der Waals surface area (Å²) in [5, 5.41) is 7.38. The maximum atomic E-state index is 11.7. The Morgan fingerprint density at radius 3 is 2.74 bits per heavy atom. The number of nitrogens with one attached hydrogen (secondary N) is 3. The second-order valence-corrected chi connectivity index (χ2v) is 5.55. The fourth-order valence-electron chi connectivity index (χ4n) is 1.62. The number of likely N-dealkylation sites (N-methyl/N-ethyl adjacent to an activating group) is 1. The summed E-state index contributed by atoms with van der Waals surface area (Å²) in [4.78, 5) is 25.3. The van der Waals surface area contributed by atoms with E-state index in [2.05, 4.69) is 16.7 Å². The van der Waals surface area contributed by atoms with Crippen LogP contribution in [0.15, 0.2) is 17.5 Å². The van der Waals surface area contributed by atoms with E-state index in [-0.39, 0.29) is 18.4 Å². The molecule has 1 aromatic rings. The molecule has 0 radical (unpaired) electrons. The molecular weight excluding hydrogens is 262 g/mol. The molecule has 2 amide bonds. The molecule has 1 aromatic heterocycles. The van der Waals surface area contributed by atoms with E-state index in [9.17, 15) is 9.59 Å². The summed E-state index contributed by atoms with van der Waals surface area (Å²) in [7, 11) is 1.97. The molecule has 0 aliphatic heterocycles. The van der Waals surface area contributed by atoms with Gasteiger partial charge in [0.25, 0.3) is 5.91 Å². The van der Waals surface area contributed by atoms with E-state index in [1.54, 1.807) is 11.3 Å². The van der Waals surface area contributed by atoms with Gasteiger partial charge in [-0.05, 0) is 17.9 Å². The van der Waals surface area contributed by atoms with Gasteiger partial charge in [0.2, 0.25) is 5.91 Å². The number of rotatable bonds is 8. The highest BCUT2D eigenvalue weighted by Crippen LogP contribution is 2.05. The lowest BCUT2D eigenvalue weighted by molar-refractivity contribution is -0.885. The average molecular weight is 284 g/mol. The summed E-state index contributed by atoms with van der Waals surface area (Å²) < 4.78 is 0. The molecule has 0 fully saturated rings. The van der Waals surface area contributed by atoms with Gasteiger partial charge in [-0.1, -0.05) is 13.0 Å². The summed E-state index contributed by atoms with van der Waals surface area (Å²) in [6.45, 7) is 3.90. The summed E-state index contributed by atoms with van der Waals surface area (Å²) in [5.41, 5.74) is 0. The van der Waals surface area contributed by atoms with Crippen LogP contribution in [0.5, 0.6) is 0 Å². The normalized spacial score (nSPS) is 11.9. The van der Waals surface area contributed by atoms with Gasteiger partial charge in [-0.25, -0.2) is 0 Å². The van der Waals surface area contributed by atoms with Crippen molar-refractivity contribution in [2.24, 2.45) is 0 Å². The van der Waals surface area contributed by atoms with Gasteiger partial charge in [0.15, 0.2) is 6.54 Å². The first-order chi connectivity index (χ1) is 9.11. The predicted octanol–water partition coefficient (Wildman–Crippen LogP) is -0.595. The van der Waals surface area contributed by atoms with E-state index >= 15 is 0 Å². The minimum absolute atomic E-state index is 0.0606. The number of quaternary nitrogens is 1. The molecule has 106 valence electrons. The van der Waals surface area contributed by atoms with E-state index in [1.807, 2.05) is 25.4 Å². The first-order valence-corrected chi connectivity index (χ1v) is 7.37. The third-order valence-corrected chi connectivity index (χ3v) is 3.41. The Kier molecular flexibility index (Phi) is 7.14. The monoisotopic (exact) mass is 284 g/mol. The van der Waals surface area contributed by atoms with Crippen molar-refractivity contribution < 1.29 is 14.5 Å². The Morgan fingerprint density at radius 1 is 1.32 bits per heavy atom. The molecule has 6 heteroatoms. The second kappa shape index (κ2) is 8.66. The van der Waals surface area contributed by atoms with Crippen LogP contribution in [-0.2, 0) is 16.1 Å². The van der Waals surface area contributed by atoms with Crippen LogP contribution in [0.4, 0.5) is 0 Å². The fraction of sp³-hybridized carbons (Fsp3) is 0.538. The second-order valence-electron chi connectivity index (χ2n) is 4.52. The van der Waals surface area contributed by atoms with Crippen LogP contribution in [-0.4, -0.2) is 38.5 Å². The molecular formula is C13H22N3O2S+.